The van der Waals surface area contributed by atoms with Crippen molar-refractivity contribution in [3.63, 3.8) is 0 Å². The smallest absolute Gasteiger partial charge is 0.310 e. The number of benzene rings is 3. The monoisotopic (exact) mass is 465 g/mol. The molecule has 1 N–H and O–H groups in total. The van der Waals surface area contributed by atoms with Crippen molar-refractivity contribution < 1.29 is 33.4 Å². The van der Waals surface area contributed by atoms with Crippen LogP contribution in [0, 0.1) is 5.82 Å². The van der Waals surface area contributed by atoms with Crippen molar-refractivity contribution in [2.75, 3.05) is 18.1 Å². The zero-order valence-electron chi connectivity index (χ0n) is 19.1. The van der Waals surface area contributed by atoms with Gasteiger partial charge in [0.15, 0.2) is 0 Å². The van der Waals surface area contributed by atoms with Gasteiger partial charge in [0.1, 0.15) is 17.3 Å². The molecule has 1 unspecified atom stereocenters. The lowest BCUT2D eigenvalue weighted by Crippen LogP contribution is -2.30. The zero-order valence-corrected chi connectivity index (χ0v) is 19.1. The molecule has 176 valence electrons. The minimum absolute atomic E-state index is 0.0226. The first-order valence-corrected chi connectivity index (χ1v) is 11.1. The lowest BCUT2D eigenvalue weighted by Gasteiger charge is -2.17. The van der Waals surface area contributed by atoms with Crippen LogP contribution in [0.2, 0.25) is 0 Å². The molecule has 7 nitrogen and oxygen atoms in total. The lowest BCUT2D eigenvalue weighted by molar-refractivity contribution is -0.138. The molecule has 0 saturated carbocycles. The van der Waals surface area contributed by atoms with Gasteiger partial charge in [-0.1, -0.05) is 37.3 Å². The van der Waals surface area contributed by atoms with Crippen LogP contribution in [-0.2, 0) is 4.79 Å². The molecule has 3 aromatic rings. The van der Waals surface area contributed by atoms with E-state index in [0.717, 1.165) is 11.0 Å². The molecule has 1 aliphatic rings. The maximum atomic E-state index is 15.2. The molecule has 0 spiro atoms. The van der Waals surface area contributed by atoms with Crippen LogP contribution in [0.3, 0.4) is 0 Å². The standard InChI is InChI=1S/C26H24FNO6/c1-4-15(26(31)32)14-11-12-19(18(27)13-14)28-24(29)20-21(25(28)30)23(34-6-3)17-10-8-7-9-16(17)22(20)33-5-2/h7-13,15H,4-6H2,1-3H3,(H,31,32). The number of anilines is 1. The van der Waals surface area contributed by atoms with Gasteiger partial charge in [-0.3, -0.25) is 14.4 Å². The number of imide groups is 1. The van der Waals surface area contributed by atoms with Crippen molar-refractivity contribution in [1.29, 1.82) is 0 Å². The maximum Gasteiger partial charge on any atom is 0.310 e. The molecular weight excluding hydrogens is 441 g/mol. The molecule has 3 aromatic carbocycles. The Hall–Kier alpha value is -3.94. The molecule has 1 atom stereocenters. The molecule has 2 amide bonds. The van der Waals surface area contributed by atoms with Gasteiger partial charge in [0.05, 0.1) is 35.9 Å². The number of carboxylic acid groups (broad SMARTS) is 1. The van der Waals surface area contributed by atoms with Gasteiger partial charge in [0.2, 0.25) is 0 Å². The average molecular weight is 465 g/mol. The molecule has 0 aliphatic carbocycles. The maximum absolute atomic E-state index is 15.2. The number of halogens is 1. The summed E-state index contributed by atoms with van der Waals surface area (Å²) in [5.74, 6) is -3.82. The summed E-state index contributed by atoms with van der Waals surface area (Å²) in [6.45, 7) is 5.72. The number of carboxylic acids is 1. The van der Waals surface area contributed by atoms with Crippen molar-refractivity contribution in [1.82, 2.24) is 0 Å². The molecule has 4 rings (SSSR count). The largest absolute Gasteiger partial charge is 0.492 e. The number of aliphatic carboxylic acids is 1. The van der Waals surface area contributed by atoms with Gasteiger partial charge >= 0.3 is 5.97 Å². The highest BCUT2D eigenvalue weighted by Crippen LogP contribution is 2.46. The number of amides is 2. The topological polar surface area (TPSA) is 93.1 Å². The normalized spacial score (nSPS) is 13.8. The Kier molecular flexibility index (Phi) is 6.24. The third kappa shape index (κ3) is 3.55. The summed E-state index contributed by atoms with van der Waals surface area (Å²) < 4.78 is 26.8. The summed E-state index contributed by atoms with van der Waals surface area (Å²) in [4.78, 5) is 39.3. The molecule has 34 heavy (non-hydrogen) atoms. The second-order valence-electron chi connectivity index (χ2n) is 7.78. The van der Waals surface area contributed by atoms with Gasteiger partial charge in [-0.2, -0.15) is 0 Å². The Labute approximate surface area is 195 Å². The van der Waals surface area contributed by atoms with Crippen molar-refractivity contribution in [2.45, 2.75) is 33.1 Å². The quantitative estimate of drug-likeness (QED) is 0.462. The Morgan fingerprint density at radius 2 is 1.47 bits per heavy atom. The van der Waals surface area contributed by atoms with Crippen LogP contribution >= 0.6 is 0 Å². The van der Waals surface area contributed by atoms with Gasteiger partial charge < -0.3 is 14.6 Å². The van der Waals surface area contributed by atoms with Crippen LogP contribution in [0.4, 0.5) is 10.1 Å². The van der Waals surface area contributed by atoms with Crippen LogP contribution in [0.1, 0.15) is 59.4 Å². The van der Waals surface area contributed by atoms with E-state index in [-0.39, 0.29) is 53.5 Å². The SMILES string of the molecule is CCOc1c2c(c(OCC)c3ccccc13)C(=O)N(c1ccc(C(CC)C(=O)O)cc1F)C2=O. The van der Waals surface area contributed by atoms with Gasteiger partial charge in [-0.15, -0.1) is 0 Å². The van der Waals surface area contributed by atoms with Gasteiger partial charge in [0.25, 0.3) is 11.8 Å². The lowest BCUT2D eigenvalue weighted by atomic mass is 9.96. The highest BCUT2D eigenvalue weighted by Gasteiger charge is 2.44. The predicted octanol–water partition coefficient (Wildman–Crippen LogP) is 5.16. The van der Waals surface area contributed by atoms with E-state index in [4.69, 9.17) is 9.47 Å². The molecular formula is C26H24FNO6. The molecule has 0 saturated heterocycles. The Morgan fingerprint density at radius 3 is 1.88 bits per heavy atom. The number of ether oxygens (including phenoxy) is 2. The van der Waals surface area contributed by atoms with Crippen molar-refractivity contribution >= 4 is 34.2 Å². The number of carbonyl (C=O) groups excluding carboxylic acids is 2. The van der Waals surface area contributed by atoms with Crippen LogP contribution < -0.4 is 14.4 Å². The van der Waals surface area contributed by atoms with E-state index in [1.54, 1.807) is 45.0 Å². The third-order valence-electron chi connectivity index (χ3n) is 5.85. The van der Waals surface area contributed by atoms with Gasteiger partial charge in [0, 0.05) is 10.8 Å². The van der Waals surface area contributed by atoms with E-state index in [0.29, 0.717) is 10.8 Å². The Morgan fingerprint density at radius 1 is 0.941 bits per heavy atom. The van der Waals surface area contributed by atoms with Crippen LogP contribution in [0.5, 0.6) is 11.5 Å². The summed E-state index contributed by atoms with van der Waals surface area (Å²) >= 11 is 0. The van der Waals surface area contributed by atoms with Crippen LogP contribution in [0.15, 0.2) is 42.5 Å². The first-order valence-electron chi connectivity index (χ1n) is 11.1. The average Bonchev–Trinajstić information content (AvgIpc) is 3.06. The van der Waals surface area contributed by atoms with E-state index in [2.05, 4.69) is 0 Å². The van der Waals surface area contributed by atoms with Crippen molar-refractivity contribution in [2.24, 2.45) is 0 Å². The molecule has 0 bridgehead atoms. The fourth-order valence-electron chi connectivity index (χ4n) is 4.38. The highest BCUT2D eigenvalue weighted by molar-refractivity contribution is 6.38. The number of fused-ring (bicyclic) bond motifs is 2. The summed E-state index contributed by atoms with van der Waals surface area (Å²) in [6, 6.07) is 10.9. The van der Waals surface area contributed by atoms with E-state index in [1.165, 1.54) is 12.1 Å². The Bertz CT molecular complexity index is 1250. The van der Waals surface area contributed by atoms with Crippen LogP contribution in [0.25, 0.3) is 10.8 Å². The number of hydrogen-bond acceptors (Lipinski definition) is 5. The molecule has 0 aromatic heterocycles. The molecule has 0 fully saturated rings. The highest BCUT2D eigenvalue weighted by atomic mass is 19.1. The van der Waals surface area contributed by atoms with Crippen molar-refractivity contribution in [3.8, 4) is 11.5 Å². The second kappa shape index (κ2) is 9.13. The van der Waals surface area contributed by atoms with Gasteiger partial charge in [-0.05, 0) is 38.0 Å². The van der Waals surface area contributed by atoms with E-state index in [9.17, 15) is 19.5 Å². The number of carbonyl (C=O) groups is 3. The minimum Gasteiger partial charge on any atom is -0.492 e. The third-order valence-corrected chi connectivity index (χ3v) is 5.85. The number of hydrogen-bond donors (Lipinski definition) is 1. The van der Waals surface area contributed by atoms with E-state index >= 15 is 4.39 Å². The Balaban J connectivity index is 1.92. The molecule has 1 aliphatic heterocycles. The van der Waals surface area contributed by atoms with Gasteiger partial charge in [-0.25, -0.2) is 9.29 Å². The fourth-order valence-corrected chi connectivity index (χ4v) is 4.38. The van der Waals surface area contributed by atoms with Crippen molar-refractivity contribution in [3.05, 3.63) is 65.0 Å². The second-order valence-corrected chi connectivity index (χ2v) is 7.78. The number of rotatable bonds is 8. The van der Waals surface area contributed by atoms with E-state index in [1.807, 2.05) is 0 Å². The summed E-state index contributed by atoms with van der Waals surface area (Å²) in [5, 5.41) is 10.6. The summed E-state index contributed by atoms with van der Waals surface area (Å²) in [5.41, 5.74) is 0.0386. The fraction of sp³-hybridized carbons (Fsp3) is 0.269. The molecule has 8 heteroatoms. The molecule has 0 radical (unpaired) electrons. The minimum atomic E-state index is -1.08. The summed E-state index contributed by atoms with van der Waals surface area (Å²) in [7, 11) is 0. The zero-order chi connectivity index (χ0) is 24.6. The summed E-state index contributed by atoms with van der Waals surface area (Å²) in [6.07, 6.45) is 0.267. The van der Waals surface area contributed by atoms with E-state index < -0.39 is 29.5 Å². The first kappa shape index (κ1) is 23.2. The molecule has 1 heterocycles. The number of nitrogens with zero attached hydrogens (tertiary/aromatic N) is 1. The predicted molar refractivity (Wildman–Crippen MR) is 124 cm³/mol. The first-order chi connectivity index (χ1) is 16.3. The van der Waals surface area contributed by atoms with Crippen LogP contribution in [-0.4, -0.2) is 36.1 Å².